The molecule has 3 fully saturated rings. The van der Waals surface area contributed by atoms with Gasteiger partial charge in [0.2, 0.25) is 23.3 Å². The van der Waals surface area contributed by atoms with E-state index in [2.05, 4.69) is 25.4 Å². The molecule has 6 rings (SSSR count). The van der Waals surface area contributed by atoms with Gasteiger partial charge in [0.1, 0.15) is 17.1 Å². The van der Waals surface area contributed by atoms with Gasteiger partial charge in [-0.25, -0.2) is 13.6 Å². The molecule has 0 spiro atoms. The maximum absolute atomic E-state index is 16.0. The highest BCUT2D eigenvalue weighted by molar-refractivity contribution is 5.93. The number of piperazine rings is 1. The number of nitrogens with one attached hydrogen (secondary N) is 2. The Morgan fingerprint density at radius 1 is 0.854 bits per heavy atom. The maximum atomic E-state index is 16.0. The first kappa shape index (κ1) is 33.7. The van der Waals surface area contributed by atoms with E-state index in [4.69, 9.17) is 19.4 Å². The lowest BCUT2D eigenvalue weighted by molar-refractivity contribution is 0.0398. The Hall–Kier alpha value is -4.19. The van der Waals surface area contributed by atoms with Gasteiger partial charge in [0.05, 0.1) is 37.3 Å². The van der Waals surface area contributed by atoms with Crippen LogP contribution in [-0.4, -0.2) is 145 Å². The summed E-state index contributed by atoms with van der Waals surface area (Å²) in [5.41, 5.74) is -1.83. The third-order valence-corrected chi connectivity index (χ3v) is 8.93. The fraction of sp³-hybridized carbons (Fsp3) is 0.581. The van der Waals surface area contributed by atoms with Crippen molar-refractivity contribution < 1.29 is 28.2 Å². The number of hydrogen-bond donors (Lipinski definition) is 3. The first-order valence-corrected chi connectivity index (χ1v) is 16.4. The van der Waals surface area contributed by atoms with E-state index < -0.39 is 28.6 Å². The van der Waals surface area contributed by atoms with Gasteiger partial charge in [-0.1, -0.05) is 0 Å². The molecule has 2 aromatic heterocycles. The number of pyridine rings is 1. The maximum Gasteiger partial charge on any atom is 0.341 e. The molecule has 0 bridgehead atoms. The van der Waals surface area contributed by atoms with E-state index in [0.717, 1.165) is 78.0 Å². The van der Waals surface area contributed by atoms with Crippen molar-refractivity contribution in [3.8, 4) is 0 Å². The Morgan fingerprint density at radius 3 is 1.92 bits per heavy atom. The summed E-state index contributed by atoms with van der Waals surface area (Å²) in [4.78, 5) is 46.6. The lowest BCUT2D eigenvalue weighted by atomic mass is 10.1. The third kappa shape index (κ3) is 7.59. The van der Waals surface area contributed by atoms with Gasteiger partial charge in [-0.3, -0.25) is 14.6 Å². The van der Waals surface area contributed by atoms with Gasteiger partial charge in [0.15, 0.2) is 5.82 Å². The third-order valence-electron chi connectivity index (χ3n) is 8.93. The van der Waals surface area contributed by atoms with Crippen LogP contribution in [0.3, 0.4) is 0 Å². The van der Waals surface area contributed by atoms with Crippen LogP contribution in [0.2, 0.25) is 0 Å². The Morgan fingerprint density at radius 2 is 1.40 bits per heavy atom. The van der Waals surface area contributed by atoms with Gasteiger partial charge < -0.3 is 39.6 Å². The number of hydrogen-bond acceptors (Lipinski definition) is 13. The number of aryl methyl sites for hydroxylation is 1. The first-order valence-electron chi connectivity index (χ1n) is 16.4. The van der Waals surface area contributed by atoms with E-state index in [0.29, 0.717) is 44.0 Å². The summed E-state index contributed by atoms with van der Waals surface area (Å²) in [6.07, 6.45) is 1.11. The van der Waals surface area contributed by atoms with Gasteiger partial charge >= 0.3 is 5.97 Å². The lowest BCUT2D eigenvalue weighted by Gasteiger charge is -2.36. The van der Waals surface area contributed by atoms with E-state index in [1.165, 1.54) is 4.57 Å². The number of carboxylic acid groups (broad SMARTS) is 1. The molecule has 3 saturated heterocycles. The average molecular weight is 673 g/mol. The highest BCUT2D eigenvalue weighted by Crippen LogP contribution is 2.31. The largest absolute Gasteiger partial charge is 0.477 e. The molecule has 0 atom stereocenters. The smallest absolute Gasteiger partial charge is 0.341 e. The number of rotatable bonds is 12. The van der Waals surface area contributed by atoms with Gasteiger partial charge in [-0.15, -0.1) is 0 Å². The Kier molecular flexibility index (Phi) is 10.8. The van der Waals surface area contributed by atoms with Crippen LogP contribution in [0, 0.1) is 11.6 Å². The van der Waals surface area contributed by atoms with Crippen molar-refractivity contribution in [2.24, 2.45) is 0 Å². The summed E-state index contributed by atoms with van der Waals surface area (Å²) in [5.74, 6) is -1.94. The second-order valence-electron chi connectivity index (χ2n) is 11.9. The van der Waals surface area contributed by atoms with Crippen molar-refractivity contribution in [3.63, 3.8) is 0 Å². The van der Waals surface area contributed by atoms with Gasteiger partial charge in [0, 0.05) is 91.3 Å². The molecule has 5 heterocycles. The van der Waals surface area contributed by atoms with Crippen LogP contribution >= 0.6 is 0 Å². The van der Waals surface area contributed by atoms with Crippen LogP contribution < -0.4 is 25.9 Å². The highest BCUT2D eigenvalue weighted by Gasteiger charge is 2.28. The molecule has 0 amide bonds. The number of ether oxygens (including phenoxy) is 2. The normalized spacial score (nSPS) is 18.0. The molecule has 0 unspecified atom stereocenters. The zero-order valence-electron chi connectivity index (χ0n) is 27.1. The number of benzene rings is 1. The number of nitrogens with zero attached hydrogens (tertiary/aromatic N) is 8. The molecular weight excluding hydrogens is 630 g/mol. The van der Waals surface area contributed by atoms with Gasteiger partial charge in [-0.2, -0.15) is 15.0 Å². The highest BCUT2D eigenvalue weighted by atomic mass is 19.1. The second kappa shape index (κ2) is 15.4. The van der Waals surface area contributed by atoms with E-state index in [-0.39, 0.29) is 36.2 Å². The molecule has 0 saturated carbocycles. The summed E-state index contributed by atoms with van der Waals surface area (Å²) in [6.45, 7) is 12.4. The average Bonchev–Trinajstić information content (AvgIpc) is 3.10. The predicted molar refractivity (Wildman–Crippen MR) is 177 cm³/mol. The molecule has 0 aliphatic carbocycles. The molecule has 260 valence electrons. The SMILES string of the molecule is CCn1cc(C(=O)O)c(=O)c2cc(F)c(N3CCN(c4nc(NCCN5CCOCC5)nc(NCCN5CCOCC5)n4)CC3)c(F)c21. The molecule has 3 N–H and O–H groups in total. The molecule has 17 heteroatoms. The van der Waals surface area contributed by atoms with Crippen molar-refractivity contribution in [2.75, 3.05) is 125 Å². The fourth-order valence-corrected chi connectivity index (χ4v) is 6.26. The molecule has 48 heavy (non-hydrogen) atoms. The Balaban J connectivity index is 1.18. The van der Waals surface area contributed by atoms with Crippen molar-refractivity contribution in [1.29, 1.82) is 0 Å². The van der Waals surface area contributed by atoms with Gasteiger partial charge in [0.25, 0.3) is 0 Å². The zero-order chi connectivity index (χ0) is 33.6. The van der Waals surface area contributed by atoms with E-state index >= 15 is 8.78 Å². The molecular formula is C31H42F2N10O5. The van der Waals surface area contributed by atoms with Crippen LogP contribution in [0.15, 0.2) is 17.1 Å². The number of halogens is 2. The molecule has 0 radical (unpaired) electrons. The minimum atomic E-state index is -1.45. The van der Waals surface area contributed by atoms with Crippen molar-refractivity contribution in [2.45, 2.75) is 13.5 Å². The van der Waals surface area contributed by atoms with Crippen LogP contribution in [-0.2, 0) is 16.0 Å². The topological polar surface area (TPSA) is 153 Å². The van der Waals surface area contributed by atoms with Crippen LogP contribution in [0.4, 0.5) is 32.3 Å². The van der Waals surface area contributed by atoms with Crippen LogP contribution in [0.1, 0.15) is 17.3 Å². The molecule has 3 aliphatic heterocycles. The number of anilines is 4. The second-order valence-corrected chi connectivity index (χ2v) is 11.9. The number of carboxylic acids is 1. The summed E-state index contributed by atoms with van der Waals surface area (Å²) < 4.78 is 43.7. The standard InChI is InChI=1S/C31H42F2N10O5/c1-2-41-20-22(28(45)46)27(44)21-19-23(32)26(24(33)25(21)41)42-7-9-43(10-8-42)31-37-29(34-3-5-39-11-15-47-16-12-39)36-30(38-31)35-4-6-40-13-17-48-18-14-40/h19-20H,2-18H2,1H3,(H,45,46)(H2,34,35,36,37,38). The quantitative estimate of drug-likeness (QED) is 0.251. The van der Waals surface area contributed by atoms with E-state index in [1.807, 2.05) is 4.90 Å². The van der Waals surface area contributed by atoms with Gasteiger partial charge in [-0.05, 0) is 13.0 Å². The minimum Gasteiger partial charge on any atom is -0.477 e. The summed E-state index contributed by atoms with van der Waals surface area (Å²) >= 11 is 0. The molecule has 15 nitrogen and oxygen atoms in total. The zero-order valence-corrected chi connectivity index (χ0v) is 27.1. The number of morpholine rings is 2. The number of aromatic carboxylic acids is 1. The molecule has 3 aromatic rings. The van der Waals surface area contributed by atoms with Crippen molar-refractivity contribution in [3.05, 3.63) is 39.7 Å². The van der Waals surface area contributed by atoms with Crippen LogP contribution in [0.5, 0.6) is 0 Å². The summed E-state index contributed by atoms with van der Waals surface area (Å²) in [7, 11) is 0. The first-order chi connectivity index (χ1) is 23.3. The van der Waals surface area contributed by atoms with E-state index in [9.17, 15) is 14.7 Å². The Bertz CT molecular complexity index is 1610. The fourth-order valence-electron chi connectivity index (χ4n) is 6.26. The van der Waals surface area contributed by atoms with E-state index in [1.54, 1.807) is 11.8 Å². The van der Waals surface area contributed by atoms with Crippen molar-refractivity contribution in [1.82, 2.24) is 29.3 Å². The monoisotopic (exact) mass is 672 g/mol. The number of carbonyl (C=O) groups is 1. The lowest BCUT2D eigenvalue weighted by Crippen LogP contribution is -2.48. The number of aromatic nitrogens is 4. The Labute approximate surface area is 276 Å². The summed E-state index contributed by atoms with van der Waals surface area (Å²) in [6, 6.07) is 0.941. The van der Waals surface area contributed by atoms with Crippen LogP contribution in [0.25, 0.3) is 10.9 Å². The minimum absolute atomic E-state index is 0.121. The predicted octanol–water partition coefficient (Wildman–Crippen LogP) is 0.998. The van der Waals surface area contributed by atoms with Crippen molar-refractivity contribution >= 4 is 40.4 Å². The number of fused-ring (bicyclic) bond motifs is 1. The molecule has 1 aromatic carbocycles. The summed E-state index contributed by atoms with van der Waals surface area (Å²) in [5, 5.41) is 15.8. The molecule has 3 aliphatic rings.